The fraction of sp³-hybridized carbons (Fsp3) is 0.350. The summed E-state index contributed by atoms with van der Waals surface area (Å²) in [6.07, 6.45) is 2.42. The van der Waals surface area contributed by atoms with Crippen LogP contribution in [0.2, 0.25) is 5.02 Å². The minimum absolute atomic E-state index is 0.0512. The molecule has 4 rings (SSSR count). The van der Waals surface area contributed by atoms with Gasteiger partial charge in [0.15, 0.2) is 15.7 Å². The molecule has 3 aromatic rings. The zero-order chi connectivity index (χ0) is 22.7. The lowest BCUT2D eigenvalue weighted by Crippen LogP contribution is -2.58. The molecule has 2 N–H and O–H groups in total. The van der Waals surface area contributed by atoms with E-state index in [1.54, 1.807) is 36.6 Å². The summed E-state index contributed by atoms with van der Waals surface area (Å²) in [4.78, 5) is 18.7. The minimum Gasteiger partial charge on any atom is -0.382 e. The van der Waals surface area contributed by atoms with E-state index in [4.69, 9.17) is 22.1 Å². The number of hydrogen-bond acceptors (Lipinski definition) is 7. The molecule has 1 atom stereocenters. The quantitative estimate of drug-likeness (QED) is 0.633. The maximum atomic E-state index is 13.2. The molecule has 0 aliphatic carbocycles. The van der Waals surface area contributed by atoms with Crippen molar-refractivity contribution >= 4 is 44.4 Å². The largest absolute Gasteiger partial charge is 0.382 e. The zero-order valence-electron chi connectivity index (χ0n) is 17.5. The number of nitrogen functional groups attached to an aromatic ring is 1. The summed E-state index contributed by atoms with van der Waals surface area (Å²) < 4.78 is 32.3. The Balaban J connectivity index is 1.97. The minimum atomic E-state index is -3.62. The van der Waals surface area contributed by atoms with Crippen LogP contribution in [0, 0.1) is 0 Å². The molecule has 1 fully saturated rings. The number of benzene rings is 1. The van der Waals surface area contributed by atoms with Gasteiger partial charge < -0.3 is 15.4 Å². The third-order valence-electron chi connectivity index (χ3n) is 5.31. The monoisotopic (exact) mass is 463 g/mol. The average Bonchev–Trinajstić information content (AvgIpc) is 3.02. The zero-order valence-corrected chi connectivity index (χ0v) is 19.0. The third kappa shape index (κ3) is 3.54. The second kappa shape index (κ2) is 7.18. The van der Waals surface area contributed by atoms with Gasteiger partial charge in [-0.15, -0.1) is 0 Å². The summed E-state index contributed by atoms with van der Waals surface area (Å²) in [7, 11) is -3.62. The molecule has 31 heavy (non-hydrogen) atoms. The predicted octanol–water partition coefficient (Wildman–Crippen LogP) is 2.57. The van der Waals surface area contributed by atoms with Crippen molar-refractivity contribution in [2.75, 3.05) is 23.5 Å². The summed E-state index contributed by atoms with van der Waals surface area (Å²) in [6, 6.07) is 6.11. The van der Waals surface area contributed by atoms with Crippen LogP contribution in [0.15, 0.2) is 35.5 Å². The molecule has 9 nitrogen and oxygen atoms in total. The standard InChI is InChI=1S/C20H22ClN5O4S/c1-11-9-30-20(2,3)19(27)25(11)15-7-12(5-6-16(15)31(4,28)29)14-8-13(21)17-18(22)23-10-24-26(14)17/h5-8,10-11H,9H2,1-4H3,(H2,22,23,24)/t11-/m0/s1. The first-order valence-electron chi connectivity index (χ1n) is 9.51. The first kappa shape index (κ1) is 21.5. The Hall–Kier alpha value is -2.69. The topological polar surface area (TPSA) is 120 Å². The summed E-state index contributed by atoms with van der Waals surface area (Å²) in [5.74, 6) is -0.101. The molecule has 1 amide bonds. The molecule has 0 unspecified atom stereocenters. The highest BCUT2D eigenvalue weighted by atomic mass is 35.5. The Labute approximate surface area is 184 Å². The van der Waals surface area contributed by atoms with Crippen LogP contribution in [-0.2, 0) is 19.4 Å². The molecule has 1 saturated heterocycles. The fourth-order valence-corrected chi connectivity index (χ4v) is 4.84. The van der Waals surface area contributed by atoms with Gasteiger partial charge in [0.2, 0.25) is 0 Å². The summed E-state index contributed by atoms with van der Waals surface area (Å²) in [5, 5.41) is 4.59. The lowest BCUT2D eigenvalue weighted by Gasteiger charge is -2.42. The fourth-order valence-electron chi connectivity index (χ4n) is 3.71. The molecule has 0 bridgehead atoms. The van der Waals surface area contributed by atoms with Crippen molar-refractivity contribution in [2.45, 2.75) is 37.3 Å². The molecule has 1 aliphatic rings. The summed E-state index contributed by atoms with van der Waals surface area (Å²) in [5.41, 5.74) is 6.79. The van der Waals surface area contributed by atoms with Crippen LogP contribution >= 0.6 is 11.6 Å². The summed E-state index contributed by atoms with van der Waals surface area (Å²) >= 11 is 6.35. The van der Waals surface area contributed by atoms with E-state index in [2.05, 4.69) is 10.1 Å². The number of anilines is 2. The number of carbonyl (C=O) groups excluding carboxylic acids is 1. The van der Waals surface area contributed by atoms with E-state index in [9.17, 15) is 13.2 Å². The van der Waals surface area contributed by atoms with Gasteiger partial charge in [0.1, 0.15) is 17.4 Å². The van der Waals surface area contributed by atoms with Gasteiger partial charge in [-0.25, -0.2) is 17.9 Å². The molecule has 11 heteroatoms. The first-order chi connectivity index (χ1) is 14.4. The van der Waals surface area contributed by atoms with Crippen molar-refractivity contribution in [3.05, 3.63) is 35.6 Å². The molecule has 0 saturated carbocycles. The van der Waals surface area contributed by atoms with Gasteiger partial charge in [-0.2, -0.15) is 5.10 Å². The van der Waals surface area contributed by atoms with Crippen molar-refractivity contribution in [2.24, 2.45) is 0 Å². The van der Waals surface area contributed by atoms with Crippen LogP contribution in [0.1, 0.15) is 20.8 Å². The number of hydrogen-bond donors (Lipinski definition) is 1. The predicted molar refractivity (Wildman–Crippen MR) is 118 cm³/mol. The Bertz CT molecular complexity index is 1320. The van der Waals surface area contributed by atoms with E-state index in [1.807, 2.05) is 6.92 Å². The molecule has 2 aromatic heterocycles. The SMILES string of the molecule is C[C@H]1COC(C)(C)C(=O)N1c1cc(-c2cc(Cl)c3c(N)ncnn23)ccc1S(C)(=O)=O. The van der Waals surface area contributed by atoms with Crippen LogP contribution < -0.4 is 10.6 Å². The number of carbonyl (C=O) groups is 1. The number of halogens is 1. The van der Waals surface area contributed by atoms with Crippen LogP contribution in [0.3, 0.4) is 0 Å². The number of fused-ring (bicyclic) bond motifs is 1. The van der Waals surface area contributed by atoms with Crippen molar-refractivity contribution in [3.8, 4) is 11.3 Å². The van der Waals surface area contributed by atoms with Gasteiger partial charge in [-0.1, -0.05) is 17.7 Å². The Morgan fingerprint density at radius 1 is 1.29 bits per heavy atom. The second-order valence-corrected chi connectivity index (χ2v) is 10.5. The second-order valence-electron chi connectivity index (χ2n) is 8.08. The van der Waals surface area contributed by atoms with E-state index in [0.29, 0.717) is 21.8 Å². The smallest absolute Gasteiger partial charge is 0.259 e. The number of nitrogens with two attached hydrogens (primary N) is 1. The molecule has 1 aromatic carbocycles. The normalized spacial score (nSPS) is 19.2. The van der Waals surface area contributed by atoms with Crippen LogP contribution in [0.5, 0.6) is 0 Å². The number of nitrogens with zero attached hydrogens (tertiary/aromatic N) is 4. The van der Waals surface area contributed by atoms with Gasteiger partial charge >= 0.3 is 0 Å². The Morgan fingerprint density at radius 3 is 2.68 bits per heavy atom. The van der Waals surface area contributed by atoms with Gasteiger partial charge in [0.05, 0.1) is 33.9 Å². The van der Waals surface area contributed by atoms with E-state index < -0.39 is 15.4 Å². The van der Waals surface area contributed by atoms with Crippen LogP contribution in [-0.4, -0.2) is 53.4 Å². The summed E-state index contributed by atoms with van der Waals surface area (Å²) in [6.45, 7) is 5.41. The third-order valence-corrected chi connectivity index (χ3v) is 6.74. The molecule has 0 spiro atoms. The van der Waals surface area contributed by atoms with E-state index in [-0.39, 0.29) is 35.0 Å². The Kier molecular flexibility index (Phi) is 4.99. The number of aromatic nitrogens is 3. The van der Waals surface area contributed by atoms with E-state index >= 15 is 0 Å². The number of ether oxygens (including phenoxy) is 1. The molecule has 164 valence electrons. The van der Waals surface area contributed by atoms with Crippen molar-refractivity contribution in [3.63, 3.8) is 0 Å². The highest BCUT2D eigenvalue weighted by Gasteiger charge is 2.42. The number of rotatable bonds is 3. The van der Waals surface area contributed by atoms with Crippen LogP contribution in [0.25, 0.3) is 16.8 Å². The van der Waals surface area contributed by atoms with Gasteiger partial charge in [0, 0.05) is 11.8 Å². The van der Waals surface area contributed by atoms with Crippen LogP contribution in [0.4, 0.5) is 11.5 Å². The van der Waals surface area contributed by atoms with E-state index in [0.717, 1.165) is 6.26 Å². The number of amides is 1. The van der Waals surface area contributed by atoms with Crippen molar-refractivity contribution in [1.82, 2.24) is 14.6 Å². The van der Waals surface area contributed by atoms with Gasteiger partial charge in [-0.3, -0.25) is 4.79 Å². The molecule has 1 aliphatic heterocycles. The number of morpholine rings is 1. The van der Waals surface area contributed by atoms with Gasteiger partial charge in [0.25, 0.3) is 5.91 Å². The molecular weight excluding hydrogens is 442 g/mol. The van der Waals surface area contributed by atoms with Gasteiger partial charge in [-0.05, 0) is 39.0 Å². The maximum absolute atomic E-state index is 13.2. The molecule has 0 radical (unpaired) electrons. The number of sulfone groups is 1. The lowest BCUT2D eigenvalue weighted by atomic mass is 10.0. The first-order valence-corrected chi connectivity index (χ1v) is 11.8. The highest BCUT2D eigenvalue weighted by molar-refractivity contribution is 7.90. The lowest BCUT2D eigenvalue weighted by molar-refractivity contribution is -0.147. The molecular formula is C20H22ClN5O4S. The van der Waals surface area contributed by atoms with Crippen molar-refractivity contribution in [1.29, 1.82) is 0 Å². The maximum Gasteiger partial charge on any atom is 0.259 e. The Morgan fingerprint density at radius 2 is 2.00 bits per heavy atom. The van der Waals surface area contributed by atoms with E-state index in [1.165, 1.54) is 17.3 Å². The highest BCUT2D eigenvalue weighted by Crippen LogP contribution is 2.38. The average molecular weight is 464 g/mol. The molecule has 3 heterocycles. The van der Waals surface area contributed by atoms with Crippen molar-refractivity contribution < 1.29 is 17.9 Å².